The van der Waals surface area contributed by atoms with Crippen molar-refractivity contribution in [1.82, 2.24) is 15.2 Å². The van der Waals surface area contributed by atoms with Crippen molar-refractivity contribution in [3.63, 3.8) is 0 Å². The molecule has 0 bridgehead atoms. The second-order valence-corrected chi connectivity index (χ2v) is 5.99. The van der Waals surface area contributed by atoms with E-state index in [1.807, 2.05) is 0 Å². The monoisotopic (exact) mass is 306 g/mol. The molecule has 0 aromatic carbocycles. The Bertz CT molecular complexity index is 516. The topological polar surface area (TPSA) is 89.2 Å². The number of nitrogens with zero attached hydrogens (tertiary/aromatic N) is 1. The third kappa shape index (κ3) is 4.59. The van der Waals surface area contributed by atoms with E-state index < -0.39 is 5.91 Å². The van der Waals surface area contributed by atoms with Gasteiger partial charge in [-0.15, -0.1) is 0 Å². The molecule has 1 aromatic heterocycles. The molecule has 0 unspecified atom stereocenters. The number of carbonyl (C=O) groups is 2. The first-order chi connectivity index (χ1) is 10.6. The second kappa shape index (κ2) is 7.98. The Kier molecular flexibility index (Phi) is 6.00. The van der Waals surface area contributed by atoms with Gasteiger partial charge in [0.1, 0.15) is 5.69 Å². The number of nitrogens with one attached hydrogen (secondary N) is 2. The SMILES string of the molecule is Cn1cc(C(N)=O)cc1C(=O)NCCNC1CCCCCC1. The summed E-state index contributed by atoms with van der Waals surface area (Å²) in [6.45, 7) is 1.34. The van der Waals surface area contributed by atoms with Gasteiger partial charge >= 0.3 is 0 Å². The molecule has 2 rings (SSSR count). The summed E-state index contributed by atoms with van der Waals surface area (Å²) in [5.74, 6) is -0.706. The van der Waals surface area contributed by atoms with Crippen LogP contribution in [0.25, 0.3) is 0 Å². The van der Waals surface area contributed by atoms with E-state index in [0.29, 0.717) is 23.8 Å². The van der Waals surface area contributed by atoms with E-state index in [2.05, 4.69) is 10.6 Å². The number of aromatic nitrogens is 1. The maximum absolute atomic E-state index is 12.1. The van der Waals surface area contributed by atoms with E-state index in [0.717, 1.165) is 6.54 Å². The van der Waals surface area contributed by atoms with E-state index in [1.165, 1.54) is 44.6 Å². The van der Waals surface area contributed by atoms with Gasteiger partial charge in [-0.3, -0.25) is 9.59 Å². The number of aryl methyl sites for hydroxylation is 1. The summed E-state index contributed by atoms with van der Waals surface area (Å²) in [5, 5.41) is 6.38. The van der Waals surface area contributed by atoms with Crippen LogP contribution in [0.1, 0.15) is 59.4 Å². The summed E-state index contributed by atoms with van der Waals surface area (Å²) in [7, 11) is 1.73. The Hall–Kier alpha value is -1.82. The van der Waals surface area contributed by atoms with Crippen molar-refractivity contribution in [2.24, 2.45) is 12.8 Å². The number of hydrogen-bond acceptors (Lipinski definition) is 3. The third-order valence-electron chi connectivity index (χ3n) is 4.22. The van der Waals surface area contributed by atoms with E-state index in [4.69, 9.17) is 5.73 Å². The molecule has 1 aromatic rings. The molecule has 122 valence electrons. The lowest BCUT2D eigenvalue weighted by molar-refractivity contribution is 0.0945. The van der Waals surface area contributed by atoms with Crippen LogP contribution < -0.4 is 16.4 Å². The Morgan fingerprint density at radius 2 is 1.91 bits per heavy atom. The summed E-state index contributed by atoms with van der Waals surface area (Å²) in [6.07, 6.45) is 9.30. The number of primary amides is 1. The average Bonchev–Trinajstić information content (AvgIpc) is 2.71. The Morgan fingerprint density at radius 1 is 1.23 bits per heavy atom. The summed E-state index contributed by atoms with van der Waals surface area (Å²) < 4.78 is 1.62. The van der Waals surface area contributed by atoms with Gasteiger partial charge in [0.2, 0.25) is 5.91 Å². The van der Waals surface area contributed by atoms with Gasteiger partial charge in [0.25, 0.3) is 5.91 Å². The maximum atomic E-state index is 12.1. The molecule has 1 aliphatic carbocycles. The summed E-state index contributed by atoms with van der Waals surface area (Å²) in [4.78, 5) is 23.2. The lowest BCUT2D eigenvalue weighted by atomic mass is 10.1. The fraction of sp³-hybridized carbons (Fsp3) is 0.625. The molecule has 0 radical (unpaired) electrons. The van der Waals surface area contributed by atoms with Gasteiger partial charge in [-0.1, -0.05) is 25.7 Å². The second-order valence-electron chi connectivity index (χ2n) is 5.99. The Morgan fingerprint density at radius 3 is 2.50 bits per heavy atom. The third-order valence-corrected chi connectivity index (χ3v) is 4.22. The lowest BCUT2D eigenvalue weighted by Gasteiger charge is -2.16. The van der Waals surface area contributed by atoms with E-state index >= 15 is 0 Å². The van der Waals surface area contributed by atoms with Gasteiger partial charge in [-0.2, -0.15) is 0 Å². The number of nitrogens with two attached hydrogens (primary N) is 1. The standard InChI is InChI=1S/C16H26N4O2/c1-20-11-12(15(17)21)10-14(20)16(22)19-9-8-18-13-6-4-2-3-5-7-13/h10-11,13,18H,2-9H2,1H3,(H2,17,21)(H,19,22). The minimum Gasteiger partial charge on any atom is -0.366 e. The summed E-state index contributed by atoms with van der Waals surface area (Å²) in [5.41, 5.74) is 6.02. The van der Waals surface area contributed by atoms with Gasteiger partial charge in [0.15, 0.2) is 0 Å². The lowest BCUT2D eigenvalue weighted by Crippen LogP contribution is -2.37. The van der Waals surface area contributed by atoms with Crippen molar-refractivity contribution in [3.05, 3.63) is 23.5 Å². The van der Waals surface area contributed by atoms with Crippen LogP contribution in [0.15, 0.2) is 12.3 Å². The minimum absolute atomic E-state index is 0.183. The van der Waals surface area contributed by atoms with Gasteiger partial charge in [0.05, 0.1) is 5.56 Å². The smallest absolute Gasteiger partial charge is 0.267 e. The molecular weight excluding hydrogens is 280 g/mol. The number of amides is 2. The van der Waals surface area contributed by atoms with Gasteiger partial charge in [-0.05, 0) is 18.9 Å². The van der Waals surface area contributed by atoms with Crippen LogP contribution in [0.3, 0.4) is 0 Å². The predicted molar refractivity (Wildman–Crippen MR) is 85.8 cm³/mol. The van der Waals surface area contributed by atoms with Crippen LogP contribution in [0.2, 0.25) is 0 Å². The molecule has 6 heteroatoms. The molecule has 1 fully saturated rings. The molecule has 22 heavy (non-hydrogen) atoms. The van der Waals surface area contributed by atoms with E-state index in [9.17, 15) is 9.59 Å². The van der Waals surface area contributed by atoms with Crippen molar-refractivity contribution in [3.8, 4) is 0 Å². The molecule has 4 N–H and O–H groups in total. The van der Waals surface area contributed by atoms with Gasteiger partial charge in [0, 0.05) is 32.4 Å². The van der Waals surface area contributed by atoms with E-state index in [1.54, 1.807) is 17.8 Å². The van der Waals surface area contributed by atoms with Crippen LogP contribution in [-0.4, -0.2) is 35.5 Å². The first-order valence-electron chi connectivity index (χ1n) is 8.05. The maximum Gasteiger partial charge on any atom is 0.267 e. The highest BCUT2D eigenvalue weighted by Crippen LogP contribution is 2.16. The van der Waals surface area contributed by atoms with Crippen LogP contribution >= 0.6 is 0 Å². The van der Waals surface area contributed by atoms with Crippen molar-refractivity contribution in [2.75, 3.05) is 13.1 Å². The molecule has 1 heterocycles. The molecule has 0 atom stereocenters. The summed E-state index contributed by atoms with van der Waals surface area (Å²) in [6, 6.07) is 2.10. The molecule has 0 aliphatic heterocycles. The van der Waals surface area contributed by atoms with E-state index in [-0.39, 0.29) is 5.91 Å². The molecule has 0 spiro atoms. The summed E-state index contributed by atoms with van der Waals surface area (Å²) >= 11 is 0. The molecule has 0 saturated heterocycles. The Labute approximate surface area is 131 Å². The Balaban J connectivity index is 1.74. The molecular formula is C16H26N4O2. The number of hydrogen-bond donors (Lipinski definition) is 3. The quantitative estimate of drug-likeness (QED) is 0.544. The predicted octanol–water partition coefficient (Wildman–Crippen LogP) is 1.17. The highest BCUT2D eigenvalue weighted by atomic mass is 16.2. The van der Waals surface area contributed by atoms with Crippen molar-refractivity contribution >= 4 is 11.8 Å². The zero-order chi connectivity index (χ0) is 15.9. The fourth-order valence-electron chi connectivity index (χ4n) is 2.95. The largest absolute Gasteiger partial charge is 0.366 e. The zero-order valence-electron chi connectivity index (χ0n) is 13.2. The van der Waals surface area contributed by atoms with Crippen LogP contribution in [0.4, 0.5) is 0 Å². The van der Waals surface area contributed by atoms with Crippen LogP contribution in [-0.2, 0) is 7.05 Å². The number of rotatable bonds is 6. The molecule has 2 amide bonds. The molecule has 6 nitrogen and oxygen atoms in total. The first-order valence-corrected chi connectivity index (χ1v) is 8.05. The zero-order valence-corrected chi connectivity index (χ0v) is 13.2. The van der Waals surface area contributed by atoms with Crippen molar-refractivity contribution in [2.45, 2.75) is 44.6 Å². The van der Waals surface area contributed by atoms with Crippen LogP contribution in [0, 0.1) is 0 Å². The fourth-order valence-corrected chi connectivity index (χ4v) is 2.95. The normalized spacial score (nSPS) is 16.2. The molecule has 1 saturated carbocycles. The van der Waals surface area contributed by atoms with Crippen molar-refractivity contribution in [1.29, 1.82) is 0 Å². The molecule has 1 aliphatic rings. The first kappa shape index (κ1) is 16.5. The van der Waals surface area contributed by atoms with Gasteiger partial charge < -0.3 is 20.9 Å². The highest BCUT2D eigenvalue weighted by Gasteiger charge is 2.14. The van der Waals surface area contributed by atoms with Crippen LogP contribution in [0.5, 0.6) is 0 Å². The number of carbonyl (C=O) groups excluding carboxylic acids is 2. The van der Waals surface area contributed by atoms with Crippen molar-refractivity contribution < 1.29 is 9.59 Å². The highest BCUT2D eigenvalue weighted by molar-refractivity contribution is 5.98. The average molecular weight is 306 g/mol. The minimum atomic E-state index is -0.523. The van der Waals surface area contributed by atoms with Gasteiger partial charge in [-0.25, -0.2) is 0 Å².